The van der Waals surface area contributed by atoms with Gasteiger partial charge in [-0.05, 0) is 31.2 Å². The van der Waals surface area contributed by atoms with E-state index in [9.17, 15) is 9.59 Å². The Kier molecular flexibility index (Phi) is 6.02. The minimum atomic E-state index is -0.146. The Labute approximate surface area is 185 Å². The molecule has 4 aromatic rings. The third kappa shape index (κ3) is 4.39. The number of nitrogens with zero attached hydrogens (tertiary/aromatic N) is 4. The number of nitrogens with one attached hydrogen (secondary N) is 1. The zero-order valence-corrected chi connectivity index (χ0v) is 18.3. The third-order valence-corrected chi connectivity index (χ3v) is 5.39. The lowest BCUT2D eigenvalue weighted by Gasteiger charge is -2.11. The van der Waals surface area contributed by atoms with Crippen molar-refractivity contribution in [2.75, 3.05) is 7.11 Å². The Morgan fingerprint density at radius 1 is 1.22 bits per heavy atom. The average molecular weight is 431 g/mol. The summed E-state index contributed by atoms with van der Waals surface area (Å²) >= 11 is 0. The summed E-state index contributed by atoms with van der Waals surface area (Å²) in [5.41, 5.74) is 3.47. The summed E-state index contributed by atoms with van der Waals surface area (Å²) in [5.74, 6) is 1.27. The molecule has 164 valence electrons. The van der Waals surface area contributed by atoms with E-state index >= 15 is 0 Å². The Balaban J connectivity index is 1.57. The van der Waals surface area contributed by atoms with Gasteiger partial charge in [0.15, 0.2) is 0 Å². The monoisotopic (exact) mass is 431 g/mol. The maximum Gasteiger partial charge on any atom is 0.250 e. The fourth-order valence-electron chi connectivity index (χ4n) is 3.69. The first kappa shape index (κ1) is 21.3. The van der Waals surface area contributed by atoms with Gasteiger partial charge in [0.25, 0.3) is 5.56 Å². The van der Waals surface area contributed by atoms with Crippen LogP contribution in [0.3, 0.4) is 0 Å². The Hall–Kier alpha value is -3.94. The molecule has 0 aliphatic carbocycles. The molecule has 1 N–H and O–H groups in total. The number of fused-ring (bicyclic) bond motifs is 1. The topological polar surface area (TPSA) is 91.0 Å². The van der Waals surface area contributed by atoms with Crippen molar-refractivity contribution >= 4 is 16.8 Å². The summed E-state index contributed by atoms with van der Waals surface area (Å²) in [7, 11) is 3.63. The van der Waals surface area contributed by atoms with Gasteiger partial charge in [-0.2, -0.15) is 0 Å². The van der Waals surface area contributed by atoms with Gasteiger partial charge in [0, 0.05) is 73.2 Å². The molecule has 0 bridgehead atoms. The summed E-state index contributed by atoms with van der Waals surface area (Å²) in [6, 6.07) is 10.9. The standard InChI is InChI=1S/C24H25N5O3/c1-16-25-13-17(14-26-22(30)9-11-29-10-5-4-6-23(29)31)24(27-16)20-15-28(2)21-8-7-18(32-3)12-19(20)21/h4-8,10,12-13,15H,9,11,14H2,1-3H3,(H,26,30). The van der Waals surface area contributed by atoms with Crippen LogP contribution in [0.1, 0.15) is 17.8 Å². The first-order valence-corrected chi connectivity index (χ1v) is 10.3. The largest absolute Gasteiger partial charge is 0.497 e. The molecule has 0 aliphatic rings. The van der Waals surface area contributed by atoms with Gasteiger partial charge < -0.3 is 19.2 Å². The van der Waals surface area contributed by atoms with Gasteiger partial charge in [-0.1, -0.05) is 6.07 Å². The molecule has 1 aromatic carbocycles. The molecule has 3 heterocycles. The van der Waals surface area contributed by atoms with E-state index in [1.165, 1.54) is 10.6 Å². The number of methoxy groups -OCH3 is 1. The number of carbonyl (C=O) groups is 1. The van der Waals surface area contributed by atoms with Crippen LogP contribution in [0.25, 0.3) is 22.2 Å². The second kappa shape index (κ2) is 9.05. The van der Waals surface area contributed by atoms with E-state index in [4.69, 9.17) is 4.74 Å². The van der Waals surface area contributed by atoms with E-state index in [0.717, 1.165) is 33.5 Å². The minimum absolute atomic E-state index is 0.124. The van der Waals surface area contributed by atoms with E-state index in [1.54, 1.807) is 31.6 Å². The molecular formula is C24H25N5O3. The number of carbonyl (C=O) groups excluding carboxylic acids is 1. The molecule has 8 heteroatoms. The number of hydrogen-bond acceptors (Lipinski definition) is 5. The van der Waals surface area contributed by atoms with Gasteiger partial charge in [-0.15, -0.1) is 0 Å². The average Bonchev–Trinajstić information content (AvgIpc) is 3.13. The second-order valence-corrected chi connectivity index (χ2v) is 7.59. The molecule has 0 saturated heterocycles. The highest BCUT2D eigenvalue weighted by Gasteiger charge is 2.16. The van der Waals surface area contributed by atoms with Crippen molar-refractivity contribution in [2.24, 2.45) is 7.05 Å². The number of benzene rings is 1. The summed E-state index contributed by atoms with van der Waals surface area (Å²) in [4.78, 5) is 33.2. The molecule has 3 aromatic heterocycles. The molecule has 0 saturated carbocycles. The minimum Gasteiger partial charge on any atom is -0.497 e. The number of amides is 1. The van der Waals surface area contributed by atoms with E-state index in [2.05, 4.69) is 15.3 Å². The van der Waals surface area contributed by atoms with Crippen LogP contribution in [0.2, 0.25) is 0 Å². The van der Waals surface area contributed by atoms with Crippen LogP contribution in [0.4, 0.5) is 0 Å². The zero-order chi connectivity index (χ0) is 22.7. The van der Waals surface area contributed by atoms with Crippen molar-refractivity contribution in [3.8, 4) is 17.0 Å². The van der Waals surface area contributed by atoms with Gasteiger partial charge in [0.1, 0.15) is 11.6 Å². The SMILES string of the molecule is COc1ccc2c(c1)c(-c1nc(C)ncc1CNC(=O)CCn1ccccc1=O)cn2C. The van der Waals surface area contributed by atoms with Crippen molar-refractivity contribution in [1.82, 2.24) is 24.4 Å². The predicted molar refractivity (Wildman–Crippen MR) is 122 cm³/mol. The first-order chi connectivity index (χ1) is 15.5. The zero-order valence-electron chi connectivity index (χ0n) is 18.3. The molecule has 32 heavy (non-hydrogen) atoms. The number of hydrogen-bond donors (Lipinski definition) is 1. The van der Waals surface area contributed by atoms with E-state index < -0.39 is 0 Å². The molecule has 4 rings (SSSR count). The fourth-order valence-corrected chi connectivity index (χ4v) is 3.69. The van der Waals surface area contributed by atoms with Crippen molar-refractivity contribution in [3.05, 3.63) is 76.7 Å². The lowest BCUT2D eigenvalue weighted by molar-refractivity contribution is -0.121. The van der Waals surface area contributed by atoms with Crippen LogP contribution in [-0.4, -0.2) is 32.1 Å². The predicted octanol–water partition coefficient (Wildman–Crippen LogP) is 2.82. The lowest BCUT2D eigenvalue weighted by Crippen LogP contribution is -2.27. The van der Waals surface area contributed by atoms with Crippen LogP contribution >= 0.6 is 0 Å². The Bertz CT molecular complexity index is 1340. The number of rotatable bonds is 7. The summed E-state index contributed by atoms with van der Waals surface area (Å²) in [5, 5.41) is 3.94. The van der Waals surface area contributed by atoms with E-state index in [-0.39, 0.29) is 17.9 Å². The Morgan fingerprint density at radius 3 is 2.84 bits per heavy atom. The molecule has 0 unspecified atom stereocenters. The van der Waals surface area contributed by atoms with Crippen molar-refractivity contribution in [3.63, 3.8) is 0 Å². The highest BCUT2D eigenvalue weighted by molar-refractivity contribution is 5.96. The van der Waals surface area contributed by atoms with Crippen LogP contribution in [0, 0.1) is 6.92 Å². The van der Waals surface area contributed by atoms with Gasteiger partial charge in [-0.25, -0.2) is 9.97 Å². The smallest absolute Gasteiger partial charge is 0.250 e. The summed E-state index contributed by atoms with van der Waals surface area (Å²) in [6.45, 7) is 2.46. The van der Waals surface area contributed by atoms with Crippen LogP contribution in [0.5, 0.6) is 5.75 Å². The molecule has 1 amide bonds. The first-order valence-electron chi connectivity index (χ1n) is 10.3. The van der Waals surface area contributed by atoms with Crippen LogP contribution < -0.4 is 15.6 Å². The maximum absolute atomic E-state index is 12.4. The molecule has 0 spiro atoms. The van der Waals surface area contributed by atoms with Crippen LogP contribution in [0.15, 0.2) is 59.8 Å². The van der Waals surface area contributed by atoms with E-state index in [0.29, 0.717) is 18.9 Å². The van der Waals surface area contributed by atoms with Crippen molar-refractivity contribution < 1.29 is 9.53 Å². The normalized spacial score (nSPS) is 11.0. The third-order valence-electron chi connectivity index (χ3n) is 5.39. The van der Waals surface area contributed by atoms with E-state index in [1.807, 2.05) is 42.9 Å². The number of aromatic nitrogens is 4. The Morgan fingerprint density at radius 2 is 2.06 bits per heavy atom. The summed E-state index contributed by atoms with van der Waals surface area (Å²) < 4.78 is 8.96. The van der Waals surface area contributed by atoms with Gasteiger partial charge in [0.2, 0.25) is 5.91 Å². The highest BCUT2D eigenvalue weighted by atomic mass is 16.5. The number of ether oxygens (including phenoxy) is 1. The van der Waals surface area contributed by atoms with Gasteiger partial charge >= 0.3 is 0 Å². The lowest BCUT2D eigenvalue weighted by atomic mass is 10.1. The highest BCUT2D eigenvalue weighted by Crippen LogP contribution is 2.33. The molecular weight excluding hydrogens is 406 g/mol. The number of pyridine rings is 1. The fraction of sp³-hybridized carbons (Fsp3) is 0.250. The van der Waals surface area contributed by atoms with Crippen molar-refractivity contribution in [1.29, 1.82) is 0 Å². The molecule has 0 fully saturated rings. The maximum atomic E-state index is 12.4. The second-order valence-electron chi connectivity index (χ2n) is 7.59. The molecule has 0 atom stereocenters. The summed E-state index contributed by atoms with van der Waals surface area (Å²) in [6.07, 6.45) is 5.66. The van der Waals surface area contributed by atoms with Gasteiger partial charge in [-0.3, -0.25) is 9.59 Å². The van der Waals surface area contributed by atoms with Crippen LogP contribution in [-0.2, 0) is 24.9 Å². The quantitative estimate of drug-likeness (QED) is 0.486. The molecule has 0 radical (unpaired) electrons. The van der Waals surface area contributed by atoms with Gasteiger partial charge in [0.05, 0.1) is 12.8 Å². The number of aryl methyl sites for hydroxylation is 3. The molecule has 8 nitrogen and oxygen atoms in total. The van der Waals surface area contributed by atoms with Crippen molar-refractivity contribution in [2.45, 2.75) is 26.4 Å². The molecule has 0 aliphatic heterocycles.